The van der Waals surface area contributed by atoms with Crippen LogP contribution in [-0.2, 0) is 4.74 Å². The van der Waals surface area contributed by atoms with Crippen molar-refractivity contribution in [1.82, 2.24) is 9.55 Å². The van der Waals surface area contributed by atoms with Crippen LogP contribution in [0.15, 0.2) is 17.1 Å². The van der Waals surface area contributed by atoms with Crippen LogP contribution in [0.5, 0.6) is 0 Å². The van der Waals surface area contributed by atoms with Crippen molar-refractivity contribution in [2.45, 2.75) is 24.5 Å². The summed E-state index contributed by atoms with van der Waals surface area (Å²) in [7, 11) is 0. The first-order valence-corrected chi connectivity index (χ1v) is 4.99. The lowest BCUT2D eigenvalue weighted by Crippen LogP contribution is -2.36. The van der Waals surface area contributed by atoms with E-state index in [0.717, 1.165) is 4.57 Å². The van der Waals surface area contributed by atoms with Crippen molar-refractivity contribution < 1.29 is 20.1 Å². The molecule has 0 aromatic carbocycles. The summed E-state index contributed by atoms with van der Waals surface area (Å²) in [5.41, 5.74) is 4.65. The van der Waals surface area contributed by atoms with E-state index in [9.17, 15) is 9.90 Å². The number of nitrogen functional groups attached to an aromatic ring is 1. The van der Waals surface area contributed by atoms with Gasteiger partial charge in [0, 0.05) is 6.20 Å². The summed E-state index contributed by atoms with van der Waals surface area (Å²) in [5.74, 6) is 0.0516. The van der Waals surface area contributed by atoms with Crippen molar-refractivity contribution >= 4 is 5.82 Å². The Morgan fingerprint density at radius 2 is 2.41 bits per heavy atom. The average molecular weight is 244 g/mol. The first-order valence-electron chi connectivity index (χ1n) is 5.40. The fourth-order valence-electron chi connectivity index (χ4n) is 1.72. The number of nitrogens with zero attached hydrogens (tertiary/aromatic N) is 2. The van der Waals surface area contributed by atoms with E-state index < -0.39 is 36.8 Å². The first-order chi connectivity index (χ1) is 8.58. The molecule has 0 amide bonds. The Labute approximate surface area is 97.4 Å². The fraction of sp³-hybridized carbons (Fsp3) is 0.556. The quantitative estimate of drug-likeness (QED) is 0.460. The van der Waals surface area contributed by atoms with Crippen LogP contribution in [0, 0.1) is 0 Å². The number of aromatic nitrogens is 2. The third kappa shape index (κ3) is 2.03. The normalized spacial score (nSPS) is 33.6. The first kappa shape index (κ1) is 10.7. The van der Waals surface area contributed by atoms with E-state index in [-0.39, 0.29) is 5.82 Å². The van der Waals surface area contributed by atoms with Gasteiger partial charge < -0.3 is 25.8 Å². The minimum Gasteiger partial charge on any atom is -0.394 e. The Morgan fingerprint density at radius 3 is 2.94 bits per heavy atom. The lowest BCUT2D eigenvalue weighted by atomic mass is 10.1. The summed E-state index contributed by atoms with van der Waals surface area (Å²) in [6, 6.07) is 1.38. The summed E-state index contributed by atoms with van der Waals surface area (Å²) < 4.78 is 13.1. The molecule has 1 aromatic rings. The Kier molecular flexibility index (Phi) is 2.77. The van der Waals surface area contributed by atoms with Crippen molar-refractivity contribution in [3.05, 3.63) is 22.7 Å². The molecular formula is C9H13N3O5. The summed E-state index contributed by atoms with van der Waals surface area (Å²) >= 11 is 0. The zero-order valence-corrected chi connectivity index (χ0v) is 8.76. The van der Waals surface area contributed by atoms with Gasteiger partial charge in [-0.1, -0.05) is 0 Å². The van der Waals surface area contributed by atoms with Gasteiger partial charge in [-0.15, -0.1) is 0 Å². The minimum absolute atomic E-state index is 0.0516. The Balaban J connectivity index is 2.32. The van der Waals surface area contributed by atoms with Crippen LogP contribution in [-0.4, -0.2) is 51.2 Å². The predicted octanol–water partition coefficient (Wildman–Crippen LogP) is -2.56. The smallest absolute Gasteiger partial charge is 0.351 e. The van der Waals surface area contributed by atoms with Gasteiger partial charge in [-0.2, -0.15) is 4.98 Å². The fourth-order valence-corrected chi connectivity index (χ4v) is 1.72. The molecule has 1 fully saturated rings. The van der Waals surface area contributed by atoms with Crippen LogP contribution in [0.1, 0.15) is 6.23 Å². The number of rotatable bonds is 3. The number of ether oxygens (including phenoxy) is 1. The van der Waals surface area contributed by atoms with Gasteiger partial charge in [0.05, 0.1) is 6.61 Å². The SMILES string of the molecule is [2H]OC1C(O)[C@H](n2ccc(N)nc2=O)O[C@@H]1CO. The highest BCUT2D eigenvalue weighted by Crippen LogP contribution is 2.27. The summed E-state index contributed by atoms with van der Waals surface area (Å²) in [4.78, 5) is 15.1. The van der Waals surface area contributed by atoms with Gasteiger partial charge in [0.15, 0.2) is 6.23 Å². The van der Waals surface area contributed by atoms with Gasteiger partial charge in [0.2, 0.25) is 1.43 Å². The second-order valence-electron chi connectivity index (χ2n) is 3.75. The van der Waals surface area contributed by atoms with Crippen LogP contribution in [0.2, 0.25) is 0 Å². The Bertz CT molecular complexity index is 482. The Hall–Kier alpha value is -1.48. The molecule has 4 atom stereocenters. The second-order valence-corrected chi connectivity index (χ2v) is 3.75. The van der Waals surface area contributed by atoms with Crippen LogP contribution < -0.4 is 11.4 Å². The van der Waals surface area contributed by atoms with E-state index in [4.69, 9.17) is 17.0 Å². The number of anilines is 1. The number of hydrogen-bond acceptors (Lipinski definition) is 7. The zero-order valence-electron chi connectivity index (χ0n) is 9.76. The van der Waals surface area contributed by atoms with E-state index >= 15 is 0 Å². The summed E-state index contributed by atoms with van der Waals surface area (Å²) in [5, 5.41) is 23.2. The summed E-state index contributed by atoms with van der Waals surface area (Å²) in [6.45, 7) is -0.436. The standard InChI is InChI=1S/C9H13N3O5/c10-5-1-2-12(9(16)11-5)8-7(15)6(14)4(3-13)17-8/h1-2,4,6-8,13-15H,3H2,(H2,10,11,16)/t4-,6?,7?,8-/m1/s1/i14D. The molecular weight excluding hydrogens is 230 g/mol. The zero-order chi connectivity index (χ0) is 13.3. The molecule has 0 bridgehead atoms. The molecule has 8 nitrogen and oxygen atoms in total. The molecule has 8 heteroatoms. The number of aliphatic hydroxyl groups is 3. The number of hydrogen-bond donors (Lipinski definition) is 4. The molecule has 94 valence electrons. The maximum atomic E-state index is 11.6. The van der Waals surface area contributed by atoms with E-state index in [1.54, 1.807) is 0 Å². The summed E-state index contributed by atoms with van der Waals surface area (Å²) in [6.07, 6.45) is -2.93. The van der Waals surface area contributed by atoms with Gasteiger partial charge >= 0.3 is 5.69 Å². The molecule has 2 rings (SSSR count). The van der Waals surface area contributed by atoms with Crippen molar-refractivity contribution in [3.63, 3.8) is 0 Å². The van der Waals surface area contributed by atoms with Gasteiger partial charge in [-0.25, -0.2) is 4.79 Å². The van der Waals surface area contributed by atoms with E-state index in [2.05, 4.69) is 10.1 Å². The highest BCUT2D eigenvalue weighted by atomic mass is 16.6. The van der Waals surface area contributed by atoms with Crippen molar-refractivity contribution in [2.75, 3.05) is 12.3 Å². The maximum absolute atomic E-state index is 11.6. The highest BCUT2D eigenvalue weighted by Gasteiger charge is 2.43. The lowest BCUT2D eigenvalue weighted by molar-refractivity contribution is -0.0549. The highest BCUT2D eigenvalue weighted by molar-refractivity contribution is 5.23. The molecule has 5 N–H and O–H groups in total. The predicted molar refractivity (Wildman–Crippen MR) is 55.9 cm³/mol. The van der Waals surface area contributed by atoms with Crippen LogP contribution in [0.4, 0.5) is 5.82 Å². The van der Waals surface area contributed by atoms with Crippen molar-refractivity contribution in [1.29, 1.82) is 1.43 Å². The van der Waals surface area contributed by atoms with Gasteiger partial charge in [0.25, 0.3) is 0 Å². The Morgan fingerprint density at radius 1 is 1.65 bits per heavy atom. The molecule has 1 aliphatic rings. The van der Waals surface area contributed by atoms with Gasteiger partial charge in [-0.3, -0.25) is 4.57 Å². The lowest BCUT2D eigenvalue weighted by Gasteiger charge is -2.16. The van der Waals surface area contributed by atoms with Crippen LogP contribution in [0.3, 0.4) is 0 Å². The molecule has 2 unspecified atom stereocenters. The van der Waals surface area contributed by atoms with Crippen LogP contribution >= 0.6 is 0 Å². The molecule has 1 aliphatic heterocycles. The average Bonchev–Trinajstić information content (AvgIpc) is 2.66. The molecule has 0 aliphatic carbocycles. The number of aliphatic hydroxyl groups excluding tert-OH is 3. The van der Waals surface area contributed by atoms with Gasteiger partial charge in [-0.05, 0) is 6.07 Å². The molecule has 1 saturated heterocycles. The van der Waals surface area contributed by atoms with Crippen molar-refractivity contribution in [3.8, 4) is 0 Å². The second kappa shape index (κ2) is 4.41. The van der Waals surface area contributed by atoms with Crippen molar-refractivity contribution in [2.24, 2.45) is 0 Å². The van der Waals surface area contributed by atoms with E-state index in [1.807, 2.05) is 0 Å². The number of nitrogens with two attached hydrogens (primary N) is 1. The molecule has 17 heavy (non-hydrogen) atoms. The molecule has 0 spiro atoms. The largest absolute Gasteiger partial charge is 0.394 e. The molecule has 1 aromatic heterocycles. The van der Waals surface area contributed by atoms with E-state index in [0.29, 0.717) is 0 Å². The monoisotopic (exact) mass is 244 g/mol. The third-order valence-electron chi connectivity index (χ3n) is 2.62. The van der Waals surface area contributed by atoms with Gasteiger partial charge in [0.1, 0.15) is 24.1 Å². The topological polar surface area (TPSA) is 131 Å². The van der Waals surface area contributed by atoms with Crippen LogP contribution in [0.25, 0.3) is 0 Å². The van der Waals surface area contributed by atoms with E-state index in [1.165, 1.54) is 12.3 Å². The minimum atomic E-state index is -1.26. The maximum Gasteiger partial charge on any atom is 0.351 e. The molecule has 0 radical (unpaired) electrons. The molecule has 2 heterocycles. The third-order valence-corrected chi connectivity index (χ3v) is 2.62. The molecule has 0 saturated carbocycles.